The normalized spacial score (nSPS) is 12.9. The van der Waals surface area contributed by atoms with Crippen LogP contribution >= 0.6 is 11.3 Å². The number of halogens is 5. The Kier molecular flexibility index (Phi) is 7.10. The number of furan rings is 1. The Hall–Kier alpha value is -3.41. The lowest BCUT2D eigenvalue weighted by Crippen LogP contribution is -2.15. The van der Waals surface area contributed by atoms with Gasteiger partial charge in [-0.3, -0.25) is 4.79 Å². The van der Waals surface area contributed by atoms with E-state index in [-0.39, 0.29) is 18.1 Å². The van der Waals surface area contributed by atoms with Gasteiger partial charge in [0.1, 0.15) is 17.4 Å². The molecule has 0 radical (unpaired) electrons. The van der Waals surface area contributed by atoms with E-state index < -0.39 is 53.3 Å². The van der Waals surface area contributed by atoms with Crippen molar-refractivity contribution in [1.82, 2.24) is 0 Å². The highest BCUT2D eigenvalue weighted by molar-refractivity contribution is 7.17. The number of thiophene rings is 1. The largest absolute Gasteiger partial charge is 0.479 e. The van der Waals surface area contributed by atoms with Crippen LogP contribution in [0.4, 0.5) is 27.0 Å². The van der Waals surface area contributed by atoms with Crippen LogP contribution in [0.1, 0.15) is 56.9 Å². The van der Waals surface area contributed by atoms with E-state index in [9.17, 15) is 31.5 Å². The third-order valence-corrected chi connectivity index (χ3v) is 6.50. The Morgan fingerprint density at radius 1 is 1.00 bits per heavy atom. The fourth-order valence-electron chi connectivity index (χ4n) is 3.67. The third kappa shape index (κ3) is 4.75. The van der Waals surface area contributed by atoms with Gasteiger partial charge in [-0.15, -0.1) is 11.3 Å². The van der Waals surface area contributed by atoms with Gasteiger partial charge in [-0.1, -0.05) is 0 Å². The van der Waals surface area contributed by atoms with Gasteiger partial charge in [0.25, 0.3) is 5.91 Å². The van der Waals surface area contributed by atoms with Crippen molar-refractivity contribution in [3.63, 3.8) is 0 Å². The first-order valence-electron chi connectivity index (χ1n) is 10.6. The van der Waals surface area contributed by atoms with Gasteiger partial charge < -0.3 is 19.2 Å². The Morgan fingerprint density at radius 3 is 2.34 bits per heavy atom. The minimum Gasteiger partial charge on any atom is -0.479 e. The van der Waals surface area contributed by atoms with Crippen molar-refractivity contribution >= 4 is 28.2 Å². The molecule has 1 aliphatic rings. The summed E-state index contributed by atoms with van der Waals surface area (Å²) in [6.45, 7) is 1.13. The Balaban J connectivity index is 1.50. The summed E-state index contributed by atoms with van der Waals surface area (Å²) in [5.41, 5.74) is 1.16. The highest BCUT2D eigenvalue weighted by atomic mass is 32.1. The lowest BCUT2D eigenvalue weighted by atomic mass is 9.95. The summed E-state index contributed by atoms with van der Waals surface area (Å²) in [5, 5.41) is 2.95. The standard InChI is InChI=1S/C23H18F5NO5S/c1-2-32-23(31)14-11-5-3-4-6-13(11)35-22(14)29-21(30)12-8-7-10(34-12)9-33-20-18(27)16(25)15(24)17(26)19(20)28/h7-8H,2-6,9H2,1H3,(H,29,30). The molecule has 0 bridgehead atoms. The highest BCUT2D eigenvalue weighted by Crippen LogP contribution is 2.39. The number of hydrogen-bond donors (Lipinski definition) is 1. The summed E-state index contributed by atoms with van der Waals surface area (Å²) < 4.78 is 82.5. The molecular weight excluding hydrogens is 497 g/mol. The summed E-state index contributed by atoms with van der Waals surface area (Å²) in [6.07, 6.45) is 3.35. The average molecular weight is 515 g/mol. The number of aryl methyl sites for hydroxylation is 1. The molecule has 2 heterocycles. The van der Waals surface area contributed by atoms with E-state index in [4.69, 9.17) is 13.9 Å². The monoisotopic (exact) mass is 515 g/mol. The Bertz CT molecular complexity index is 1270. The van der Waals surface area contributed by atoms with Crippen LogP contribution in [0.25, 0.3) is 0 Å². The lowest BCUT2D eigenvalue weighted by Gasteiger charge is -2.12. The van der Waals surface area contributed by atoms with Gasteiger partial charge in [-0.25, -0.2) is 18.0 Å². The van der Waals surface area contributed by atoms with Crippen molar-refractivity contribution in [1.29, 1.82) is 0 Å². The SMILES string of the molecule is CCOC(=O)c1c(NC(=O)c2ccc(COc3c(F)c(F)c(F)c(F)c3F)o2)sc2c1CCCC2. The van der Waals surface area contributed by atoms with E-state index in [1.165, 1.54) is 23.5 Å². The predicted molar refractivity (Wildman–Crippen MR) is 114 cm³/mol. The van der Waals surface area contributed by atoms with Crippen LogP contribution in [0.5, 0.6) is 5.75 Å². The van der Waals surface area contributed by atoms with Crippen molar-refractivity contribution in [2.45, 2.75) is 39.2 Å². The van der Waals surface area contributed by atoms with E-state index in [0.717, 1.165) is 29.7 Å². The van der Waals surface area contributed by atoms with Crippen molar-refractivity contribution in [2.75, 3.05) is 11.9 Å². The second-order valence-corrected chi connectivity index (χ2v) is 8.65. The number of nitrogens with one attached hydrogen (secondary N) is 1. The molecule has 0 saturated heterocycles. The molecular formula is C23H18F5NO5S. The summed E-state index contributed by atoms with van der Waals surface area (Å²) >= 11 is 1.28. The first-order chi connectivity index (χ1) is 16.7. The predicted octanol–water partition coefficient (Wildman–Crippen LogP) is 5.92. The van der Waals surface area contributed by atoms with Crippen LogP contribution in [0.3, 0.4) is 0 Å². The van der Waals surface area contributed by atoms with E-state index >= 15 is 0 Å². The van der Waals surface area contributed by atoms with E-state index in [1.807, 2.05) is 0 Å². The number of hydrogen-bond acceptors (Lipinski definition) is 6. The van der Waals surface area contributed by atoms with Gasteiger partial charge in [0.05, 0.1) is 12.2 Å². The molecule has 3 aromatic rings. The van der Waals surface area contributed by atoms with Crippen LogP contribution in [-0.4, -0.2) is 18.5 Å². The number of ether oxygens (including phenoxy) is 2. The van der Waals surface area contributed by atoms with E-state index in [1.54, 1.807) is 6.92 Å². The van der Waals surface area contributed by atoms with Gasteiger partial charge in [0.2, 0.25) is 29.1 Å². The van der Waals surface area contributed by atoms with E-state index in [0.29, 0.717) is 17.0 Å². The number of fused-ring (bicyclic) bond motifs is 1. The molecule has 1 aliphatic carbocycles. The number of esters is 1. The molecule has 1 N–H and O–H groups in total. The van der Waals surface area contributed by atoms with Crippen LogP contribution in [-0.2, 0) is 24.2 Å². The van der Waals surface area contributed by atoms with Crippen molar-refractivity contribution in [3.05, 3.63) is 68.7 Å². The molecule has 0 spiro atoms. The molecule has 6 nitrogen and oxygen atoms in total. The topological polar surface area (TPSA) is 77.8 Å². The quantitative estimate of drug-likeness (QED) is 0.183. The number of carbonyl (C=O) groups excluding carboxylic acids is 2. The van der Waals surface area contributed by atoms with Gasteiger partial charge >= 0.3 is 5.97 Å². The molecule has 0 atom stereocenters. The van der Waals surface area contributed by atoms with Crippen LogP contribution in [0.2, 0.25) is 0 Å². The molecule has 1 amide bonds. The zero-order valence-corrected chi connectivity index (χ0v) is 19.1. The number of carbonyl (C=O) groups is 2. The minimum absolute atomic E-state index is 0.116. The smallest absolute Gasteiger partial charge is 0.341 e. The molecule has 0 saturated carbocycles. The zero-order chi connectivity index (χ0) is 25.3. The molecule has 0 fully saturated rings. The maximum absolute atomic E-state index is 13.8. The van der Waals surface area contributed by atoms with Crippen molar-refractivity contribution in [3.8, 4) is 5.75 Å². The highest BCUT2D eigenvalue weighted by Gasteiger charge is 2.29. The second-order valence-electron chi connectivity index (χ2n) is 7.54. The van der Waals surface area contributed by atoms with Crippen LogP contribution in [0.15, 0.2) is 16.5 Å². The third-order valence-electron chi connectivity index (χ3n) is 5.29. The zero-order valence-electron chi connectivity index (χ0n) is 18.2. The molecule has 1 aromatic carbocycles. The molecule has 12 heteroatoms. The van der Waals surface area contributed by atoms with Crippen molar-refractivity contribution < 1.29 is 45.4 Å². The fraction of sp³-hybridized carbons (Fsp3) is 0.304. The maximum atomic E-state index is 13.8. The molecule has 0 aliphatic heterocycles. The fourth-order valence-corrected chi connectivity index (χ4v) is 4.94. The van der Waals surface area contributed by atoms with Crippen LogP contribution < -0.4 is 10.1 Å². The molecule has 186 valence electrons. The van der Waals surface area contributed by atoms with Gasteiger partial charge in [-0.2, -0.15) is 8.78 Å². The lowest BCUT2D eigenvalue weighted by molar-refractivity contribution is 0.0526. The average Bonchev–Trinajstić information content (AvgIpc) is 3.46. The molecule has 0 unspecified atom stereocenters. The summed E-state index contributed by atoms with van der Waals surface area (Å²) in [4.78, 5) is 26.2. The Labute approximate surface area is 199 Å². The van der Waals surface area contributed by atoms with Gasteiger partial charge in [0, 0.05) is 4.88 Å². The Morgan fingerprint density at radius 2 is 1.66 bits per heavy atom. The van der Waals surface area contributed by atoms with Crippen molar-refractivity contribution in [2.24, 2.45) is 0 Å². The number of benzene rings is 1. The first kappa shape index (κ1) is 24.7. The first-order valence-corrected chi connectivity index (χ1v) is 11.4. The number of anilines is 1. The van der Waals surface area contributed by atoms with Gasteiger partial charge in [-0.05, 0) is 50.3 Å². The second kappa shape index (κ2) is 10.1. The molecule has 2 aromatic heterocycles. The van der Waals surface area contributed by atoms with Gasteiger partial charge in [0.15, 0.2) is 11.5 Å². The van der Waals surface area contributed by atoms with E-state index in [2.05, 4.69) is 5.32 Å². The summed E-state index contributed by atoms with van der Waals surface area (Å²) in [6, 6.07) is 2.48. The number of amides is 1. The van der Waals surface area contributed by atoms with Crippen LogP contribution in [0, 0.1) is 29.1 Å². The minimum atomic E-state index is -2.30. The summed E-state index contributed by atoms with van der Waals surface area (Å²) in [7, 11) is 0. The summed E-state index contributed by atoms with van der Waals surface area (Å²) in [5.74, 6) is -13.9. The maximum Gasteiger partial charge on any atom is 0.341 e. The number of rotatable bonds is 7. The molecule has 4 rings (SSSR count). The molecule has 35 heavy (non-hydrogen) atoms.